The first-order valence-corrected chi connectivity index (χ1v) is 5.11. The Bertz CT molecular complexity index is 171. The SMILES string of the molecule is CC(=O)O.CC(=O)O.CC(=O)O.CCNCCN.[Na+].[OH-]. The van der Waals surface area contributed by atoms with Crippen molar-refractivity contribution < 1.29 is 64.7 Å². The van der Waals surface area contributed by atoms with Crippen LogP contribution in [0, 0.1) is 0 Å². The van der Waals surface area contributed by atoms with Gasteiger partial charge in [0.2, 0.25) is 0 Å². The van der Waals surface area contributed by atoms with Crippen LogP contribution in [0.5, 0.6) is 0 Å². The fourth-order valence-corrected chi connectivity index (χ4v) is 0.279. The van der Waals surface area contributed by atoms with Gasteiger partial charge in [0.1, 0.15) is 0 Å². The van der Waals surface area contributed by atoms with Crippen molar-refractivity contribution in [2.75, 3.05) is 19.6 Å². The standard InChI is InChI=1S/C4H12N2.3C2H4O2.Na.H2O/c1-2-6-4-3-5;3*1-2(3)4;;/h6H,2-5H2,1H3;3*1H3,(H,3,4);;1H2/q;;;;+1;/p-1. The molecule has 0 aliphatic carbocycles. The quantitative estimate of drug-likeness (QED) is 0.263. The second-order valence-corrected chi connectivity index (χ2v) is 2.70. The Morgan fingerprint density at radius 3 is 1.20 bits per heavy atom. The second kappa shape index (κ2) is 36.2. The van der Waals surface area contributed by atoms with E-state index in [0.717, 1.165) is 40.4 Å². The summed E-state index contributed by atoms with van der Waals surface area (Å²) in [5.41, 5.74) is 5.15. The summed E-state index contributed by atoms with van der Waals surface area (Å²) in [6.45, 7) is 8.02. The molecule has 0 aliphatic heterocycles. The molecule has 0 aromatic rings. The summed E-state index contributed by atoms with van der Waals surface area (Å²) in [6, 6.07) is 0. The number of nitrogens with one attached hydrogen (secondary N) is 1. The zero-order valence-electron chi connectivity index (χ0n) is 12.7. The minimum absolute atomic E-state index is 0. The monoisotopic (exact) mass is 308 g/mol. The third kappa shape index (κ3) is 875. The zero-order valence-corrected chi connectivity index (χ0v) is 14.7. The minimum atomic E-state index is -0.833. The number of rotatable bonds is 3. The van der Waals surface area contributed by atoms with Crippen LogP contribution in [0.25, 0.3) is 0 Å². The summed E-state index contributed by atoms with van der Waals surface area (Å²) < 4.78 is 0. The second-order valence-electron chi connectivity index (χ2n) is 2.70. The van der Waals surface area contributed by atoms with Gasteiger partial charge in [-0.25, -0.2) is 0 Å². The summed E-state index contributed by atoms with van der Waals surface area (Å²) in [5, 5.41) is 25.3. The summed E-state index contributed by atoms with van der Waals surface area (Å²) in [5.74, 6) is -2.50. The molecule has 0 unspecified atom stereocenters. The Balaban J connectivity index is -0.0000000322. The maximum Gasteiger partial charge on any atom is 1.00 e. The maximum atomic E-state index is 9.00. The first-order chi connectivity index (χ1) is 8.11. The Kier molecular flexibility index (Phi) is 66.1. The molecule has 7 N–H and O–H groups in total. The fourth-order valence-electron chi connectivity index (χ4n) is 0.279. The average molecular weight is 308 g/mol. The van der Waals surface area contributed by atoms with Crippen molar-refractivity contribution in [1.82, 2.24) is 5.32 Å². The number of carboxylic acid groups (broad SMARTS) is 3. The third-order valence-electron chi connectivity index (χ3n) is 0.571. The Morgan fingerprint density at radius 2 is 1.15 bits per heavy atom. The number of aliphatic carboxylic acids is 3. The average Bonchev–Trinajstić information content (AvgIpc) is 2.11. The molecule has 118 valence electrons. The molecular formula is C10H25N2NaO7. The predicted octanol–water partition coefficient (Wildman–Crippen LogP) is -3.35. The van der Waals surface area contributed by atoms with E-state index in [1.165, 1.54) is 0 Å². The van der Waals surface area contributed by atoms with Gasteiger partial charge in [-0.05, 0) is 6.54 Å². The van der Waals surface area contributed by atoms with Crippen LogP contribution < -0.4 is 40.6 Å². The van der Waals surface area contributed by atoms with Crippen molar-refractivity contribution in [2.24, 2.45) is 5.73 Å². The van der Waals surface area contributed by atoms with Gasteiger partial charge in [-0.1, -0.05) is 6.92 Å². The normalized spacial score (nSPS) is 6.45. The Morgan fingerprint density at radius 1 is 0.950 bits per heavy atom. The van der Waals surface area contributed by atoms with Gasteiger partial charge in [0.25, 0.3) is 17.9 Å². The van der Waals surface area contributed by atoms with Gasteiger partial charge in [0, 0.05) is 33.9 Å². The van der Waals surface area contributed by atoms with Crippen molar-refractivity contribution in [1.29, 1.82) is 0 Å². The van der Waals surface area contributed by atoms with E-state index in [-0.39, 0.29) is 35.0 Å². The predicted molar refractivity (Wildman–Crippen MR) is 69.5 cm³/mol. The molecule has 0 heterocycles. The van der Waals surface area contributed by atoms with E-state index >= 15 is 0 Å². The van der Waals surface area contributed by atoms with E-state index in [0.29, 0.717) is 0 Å². The molecule has 0 aliphatic rings. The van der Waals surface area contributed by atoms with Crippen LogP contribution in [-0.2, 0) is 14.4 Å². The molecule has 0 atom stereocenters. The summed E-state index contributed by atoms with van der Waals surface area (Å²) >= 11 is 0. The molecule has 0 spiro atoms. The number of hydrogen-bond donors (Lipinski definition) is 5. The molecule has 20 heavy (non-hydrogen) atoms. The third-order valence-corrected chi connectivity index (χ3v) is 0.571. The summed E-state index contributed by atoms with van der Waals surface area (Å²) in [4.78, 5) is 27.0. The van der Waals surface area contributed by atoms with E-state index < -0.39 is 17.9 Å². The van der Waals surface area contributed by atoms with Crippen molar-refractivity contribution in [3.8, 4) is 0 Å². The number of carboxylic acids is 3. The van der Waals surface area contributed by atoms with Gasteiger partial charge in [-0.2, -0.15) is 0 Å². The van der Waals surface area contributed by atoms with Gasteiger partial charge >= 0.3 is 29.6 Å². The van der Waals surface area contributed by atoms with E-state index in [1.807, 2.05) is 0 Å². The molecule has 9 nitrogen and oxygen atoms in total. The zero-order chi connectivity index (χ0) is 15.6. The maximum absolute atomic E-state index is 9.00. The number of carbonyl (C=O) groups is 3. The van der Waals surface area contributed by atoms with Gasteiger partial charge < -0.3 is 31.8 Å². The molecular weight excluding hydrogens is 283 g/mol. The van der Waals surface area contributed by atoms with E-state index in [2.05, 4.69) is 12.2 Å². The molecule has 10 heteroatoms. The van der Waals surface area contributed by atoms with Crippen LogP contribution in [-0.4, -0.2) is 58.3 Å². The summed E-state index contributed by atoms with van der Waals surface area (Å²) in [6.07, 6.45) is 0. The molecule has 0 saturated heterocycles. The van der Waals surface area contributed by atoms with Gasteiger partial charge in [-0.15, -0.1) is 0 Å². The summed E-state index contributed by atoms with van der Waals surface area (Å²) in [7, 11) is 0. The van der Waals surface area contributed by atoms with Crippen molar-refractivity contribution in [3.05, 3.63) is 0 Å². The topological polar surface area (TPSA) is 180 Å². The largest absolute Gasteiger partial charge is 1.00 e. The molecule has 0 aromatic carbocycles. The molecule has 0 amide bonds. The Hall–Kier alpha value is -0.710. The van der Waals surface area contributed by atoms with E-state index in [1.54, 1.807) is 0 Å². The molecule has 0 saturated carbocycles. The minimum Gasteiger partial charge on any atom is -0.870 e. The van der Waals surface area contributed by atoms with Crippen LogP contribution in [0.3, 0.4) is 0 Å². The molecule has 0 rings (SSSR count). The number of nitrogens with two attached hydrogens (primary N) is 1. The van der Waals surface area contributed by atoms with Crippen molar-refractivity contribution in [2.45, 2.75) is 27.7 Å². The van der Waals surface area contributed by atoms with Crippen LogP contribution >= 0.6 is 0 Å². The molecule has 0 radical (unpaired) electrons. The number of hydrogen-bond acceptors (Lipinski definition) is 6. The Labute approximate surface area is 141 Å². The van der Waals surface area contributed by atoms with Crippen molar-refractivity contribution >= 4 is 17.9 Å². The van der Waals surface area contributed by atoms with Gasteiger partial charge in [-0.3, -0.25) is 14.4 Å². The fraction of sp³-hybridized carbons (Fsp3) is 0.700. The molecule has 0 bridgehead atoms. The van der Waals surface area contributed by atoms with E-state index in [4.69, 9.17) is 35.4 Å². The molecule has 0 aromatic heterocycles. The van der Waals surface area contributed by atoms with Crippen LogP contribution in [0.4, 0.5) is 0 Å². The van der Waals surface area contributed by atoms with Crippen LogP contribution in [0.2, 0.25) is 0 Å². The van der Waals surface area contributed by atoms with Gasteiger partial charge in [0.05, 0.1) is 0 Å². The molecule has 0 fully saturated rings. The first-order valence-electron chi connectivity index (χ1n) is 5.11. The van der Waals surface area contributed by atoms with Crippen molar-refractivity contribution in [3.63, 3.8) is 0 Å². The first kappa shape index (κ1) is 36.5. The van der Waals surface area contributed by atoms with Crippen LogP contribution in [0.1, 0.15) is 27.7 Å². The van der Waals surface area contributed by atoms with Gasteiger partial charge in [0.15, 0.2) is 0 Å². The van der Waals surface area contributed by atoms with Crippen LogP contribution in [0.15, 0.2) is 0 Å². The smallest absolute Gasteiger partial charge is 0.870 e. The number of likely N-dealkylation sites (N-methyl/N-ethyl adjacent to an activating group) is 1. The van der Waals surface area contributed by atoms with E-state index in [9.17, 15) is 0 Å².